The first-order valence-electron chi connectivity index (χ1n) is 19.1. The summed E-state index contributed by atoms with van der Waals surface area (Å²) in [7, 11) is 0. The van der Waals surface area contributed by atoms with E-state index in [1.165, 1.54) is 88.1 Å². The minimum Gasteiger partial charge on any atom is -0.310 e. The maximum Gasteiger partial charge on any atom is 0.0737 e. The number of nitrogens with zero attached hydrogens (tertiary/aromatic N) is 1. The summed E-state index contributed by atoms with van der Waals surface area (Å²) in [6.07, 6.45) is 0. The second kappa shape index (κ2) is 11.3. The van der Waals surface area contributed by atoms with Crippen LogP contribution in [0.15, 0.2) is 182 Å². The normalized spacial score (nSPS) is 13.6. The largest absolute Gasteiger partial charge is 0.310 e. The van der Waals surface area contributed by atoms with Gasteiger partial charge >= 0.3 is 0 Å². The van der Waals surface area contributed by atoms with Crippen molar-refractivity contribution in [2.45, 2.75) is 31.6 Å². The molecular weight excluding hydrogens is 651 g/mol. The molecule has 11 rings (SSSR count). The molecule has 0 aliphatic heterocycles. The Labute approximate surface area is 316 Å². The molecule has 0 unspecified atom stereocenters. The lowest BCUT2D eigenvalue weighted by molar-refractivity contribution is 0.590. The van der Waals surface area contributed by atoms with Gasteiger partial charge in [0.15, 0.2) is 0 Å². The van der Waals surface area contributed by atoms with E-state index in [-0.39, 0.29) is 5.41 Å². The lowest BCUT2D eigenvalue weighted by Gasteiger charge is -2.33. The molecule has 0 radical (unpaired) electrons. The van der Waals surface area contributed by atoms with Crippen LogP contribution in [-0.4, -0.2) is 0 Å². The van der Waals surface area contributed by atoms with Crippen LogP contribution in [0.3, 0.4) is 0 Å². The zero-order valence-electron chi connectivity index (χ0n) is 30.8. The quantitative estimate of drug-likeness (QED) is 0.167. The maximum atomic E-state index is 2.53. The van der Waals surface area contributed by atoms with Crippen molar-refractivity contribution < 1.29 is 0 Å². The summed E-state index contributed by atoms with van der Waals surface area (Å²) < 4.78 is 0. The highest BCUT2D eigenvalue weighted by molar-refractivity contribution is 6.22. The topological polar surface area (TPSA) is 3.24 Å². The zero-order valence-corrected chi connectivity index (χ0v) is 30.8. The molecule has 0 aromatic heterocycles. The predicted molar refractivity (Wildman–Crippen MR) is 229 cm³/mol. The van der Waals surface area contributed by atoms with Crippen LogP contribution in [-0.2, 0) is 10.8 Å². The van der Waals surface area contributed by atoms with Crippen LogP contribution in [0.1, 0.15) is 48.6 Å². The van der Waals surface area contributed by atoms with Gasteiger partial charge in [-0.1, -0.05) is 172 Å². The summed E-state index contributed by atoms with van der Waals surface area (Å²) in [5, 5.41) is 7.73. The second-order valence-electron chi connectivity index (χ2n) is 16.0. The summed E-state index contributed by atoms with van der Waals surface area (Å²) in [6, 6.07) is 68.3. The number of fused-ring (bicyclic) bond motifs is 17. The third kappa shape index (κ3) is 4.10. The van der Waals surface area contributed by atoms with Gasteiger partial charge < -0.3 is 4.90 Å². The molecule has 1 nitrogen and oxygen atoms in total. The highest BCUT2D eigenvalue weighted by atomic mass is 15.1. The molecule has 9 aromatic carbocycles. The lowest BCUT2D eigenvalue weighted by atomic mass is 9.68. The van der Waals surface area contributed by atoms with Crippen molar-refractivity contribution in [3.63, 3.8) is 0 Å². The highest BCUT2D eigenvalue weighted by Crippen LogP contribution is 2.67. The molecule has 2 aliphatic rings. The van der Waals surface area contributed by atoms with Gasteiger partial charge in [-0.05, 0) is 113 Å². The molecule has 0 bridgehead atoms. The molecule has 0 saturated heterocycles. The van der Waals surface area contributed by atoms with Crippen LogP contribution >= 0.6 is 0 Å². The second-order valence-corrected chi connectivity index (χ2v) is 16.0. The SMILES string of the molecule is CC(C)(C)c1ccc(N(c2ccccc2)c2cc3c(c4ccccc24)C2(c4ccccc4-c4ccccc42)c2c-3c3ccccc3c3ccccc23)cc1. The van der Waals surface area contributed by atoms with E-state index >= 15 is 0 Å². The monoisotopic (exact) mass is 689 g/mol. The van der Waals surface area contributed by atoms with Gasteiger partial charge in [0.1, 0.15) is 0 Å². The number of anilines is 3. The number of para-hydroxylation sites is 1. The highest BCUT2D eigenvalue weighted by Gasteiger charge is 2.54. The van der Waals surface area contributed by atoms with Gasteiger partial charge in [-0.25, -0.2) is 0 Å². The standard InChI is InChI=1S/C53H39N/c1-52(2,3)34-29-31-36(32-30-34)54(35-17-5-4-6-18-35)48-33-45-49-42-24-10-7-19-37(42)38-20-8-11-25-43(38)51(49)53(50(45)44-26-12-9-23-41(44)48)46-27-15-13-21-39(46)40-22-14-16-28-47(40)53/h4-33H,1-3H3. The molecule has 2 aliphatic carbocycles. The van der Waals surface area contributed by atoms with Gasteiger partial charge in [0.05, 0.1) is 11.1 Å². The predicted octanol–water partition coefficient (Wildman–Crippen LogP) is 14.3. The average Bonchev–Trinajstić information content (AvgIpc) is 3.69. The Kier molecular flexibility index (Phi) is 6.50. The number of rotatable bonds is 3. The van der Waals surface area contributed by atoms with E-state index in [4.69, 9.17) is 0 Å². The smallest absolute Gasteiger partial charge is 0.0737 e. The molecule has 1 spiro atoms. The number of hydrogen-bond acceptors (Lipinski definition) is 1. The average molecular weight is 690 g/mol. The van der Waals surface area contributed by atoms with Crippen molar-refractivity contribution in [2.24, 2.45) is 0 Å². The molecule has 0 fully saturated rings. The summed E-state index contributed by atoms with van der Waals surface area (Å²) >= 11 is 0. The fraction of sp³-hybridized carbons (Fsp3) is 0.0943. The zero-order chi connectivity index (χ0) is 36.2. The van der Waals surface area contributed by atoms with Crippen LogP contribution < -0.4 is 4.90 Å². The third-order valence-electron chi connectivity index (χ3n) is 12.2. The van der Waals surface area contributed by atoms with Gasteiger partial charge in [-0.3, -0.25) is 0 Å². The van der Waals surface area contributed by atoms with E-state index < -0.39 is 5.41 Å². The minimum absolute atomic E-state index is 0.0616. The molecule has 9 aromatic rings. The van der Waals surface area contributed by atoms with Crippen LogP contribution in [0.5, 0.6) is 0 Å². The minimum atomic E-state index is -0.508. The third-order valence-corrected chi connectivity index (χ3v) is 12.2. The van der Waals surface area contributed by atoms with E-state index in [0.717, 1.165) is 11.4 Å². The number of benzene rings is 9. The first-order chi connectivity index (χ1) is 26.5. The van der Waals surface area contributed by atoms with E-state index in [0.29, 0.717) is 0 Å². The van der Waals surface area contributed by atoms with Crippen LogP contribution in [0.2, 0.25) is 0 Å². The first-order valence-corrected chi connectivity index (χ1v) is 19.1. The van der Waals surface area contributed by atoms with Gasteiger partial charge in [-0.2, -0.15) is 0 Å². The molecule has 54 heavy (non-hydrogen) atoms. The first kappa shape index (κ1) is 31.1. The van der Waals surface area contributed by atoms with Gasteiger partial charge in [0.2, 0.25) is 0 Å². The van der Waals surface area contributed by atoms with Crippen LogP contribution in [0.4, 0.5) is 17.1 Å². The molecule has 1 heteroatoms. The van der Waals surface area contributed by atoms with Crippen LogP contribution in [0.25, 0.3) is 54.6 Å². The van der Waals surface area contributed by atoms with Crippen molar-refractivity contribution in [1.29, 1.82) is 0 Å². The molecule has 0 amide bonds. The Morgan fingerprint density at radius 3 is 1.46 bits per heavy atom. The Hall–Kier alpha value is -6.44. The maximum absolute atomic E-state index is 2.53. The van der Waals surface area contributed by atoms with Crippen molar-refractivity contribution in [1.82, 2.24) is 0 Å². The summed E-state index contributed by atoms with van der Waals surface area (Å²) in [5.41, 5.74) is 15.1. The molecular formula is C53H39N. The Bertz CT molecular complexity index is 2920. The summed E-state index contributed by atoms with van der Waals surface area (Å²) in [4.78, 5) is 2.47. The fourth-order valence-electron chi connectivity index (χ4n) is 9.97. The van der Waals surface area contributed by atoms with E-state index in [1.54, 1.807) is 0 Å². The fourth-order valence-corrected chi connectivity index (χ4v) is 9.97. The van der Waals surface area contributed by atoms with Crippen molar-refractivity contribution >= 4 is 49.4 Å². The van der Waals surface area contributed by atoms with Crippen molar-refractivity contribution in [2.75, 3.05) is 4.90 Å². The Morgan fingerprint density at radius 1 is 0.389 bits per heavy atom. The van der Waals surface area contributed by atoms with Gasteiger partial charge in [-0.15, -0.1) is 0 Å². The van der Waals surface area contributed by atoms with Crippen LogP contribution in [0, 0.1) is 0 Å². The Morgan fingerprint density at radius 2 is 0.852 bits per heavy atom. The van der Waals surface area contributed by atoms with E-state index in [9.17, 15) is 0 Å². The summed E-state index contributed by atoms with van der Waals surface area (Å²) in [5.74, 6) is 0. The van der Waals surface area contributed by atoms with E-state index in [2.05, 4.69) is 208 Å². The molecule has 0 N–H and O–H groups in total. The van der Waals surface area contributed by atoms with Gasteiger partial charge in [0.25, 0.3) is 0 Å². The molecule has 0 heterocycles. The summed E-state index contributed by atoms with van der Waals surface area (Å²) in [6.45, 7) is 6.85. The van der Waals surface area contributed by atoms with Gasteiger partial charge in [0, 0.05) is 16.8 Å². The lowest BCUT2D eigenvalue weighted by Crippen LogP contribution is -2.26. The Balaban J connectivity index is 1.35. The van der Waals surface area contributed by atoms with Crippen molar-refractivity contribution in [3.8, 4) is 22.3 Å². The molecule has 0 saturated carbocycles. The van der Waals surface area contributed by atoms with Crippen molar-refractivity contribution in [3.05, 3.63) is 210 Å². The molecule has 256 valence electrons. The number of hydrogen-bond donors (Lipinski definition) is 0. The molecule has 0 atom stereocenters. The van der Waals surface area contributed by atoms with E-state index in [1.807, 2.05) is 0 Å².